The molecular weight excluding hydrogens is 244 g/mol. The first-order chi connectivity index (χ1) is 7.22. The van der Waals surface area contributed by atoms with E-state index in [1.54, 1.807) is 11.8 Å². The Morgan fingerprint density at radius 1 is 1.62 bits per heavy atom. The van der Waals surface area contributed by atoms with Gasteiger partial charge in [0.2, 0.25) is 5.91 Å². The predicted molar refractivity (Wildman–Crippen MR) is 73.5 cm³/mol. The number of carbonyl (C=O) groups is 1. The molecule has 0 radical (unpaired) electrons. The number of rotatable bonds is 6. The molecule has 1 saturated heterocycles. The zero-order valence-electron chi connectivity index (χ0n) is 10.1. The fourth-order valence-electron chi connectivity index (χ4n) is 1.95. The number of nitrogens with one attached hydrogen (secondary N) is 2. The highest BCUT2D eigenvalue weighted by atomic mass is 35.5. The molecule has 0 aromatic carbocycles. The van der Waals surface area contributed by atoms with Crippen molar-refractivity contribution in [1.82, 2.24) is 10.6 Å². The van der Waals surface area contributed by atoms with E-state index in [0.717, 1.165) is 18.7 Å². The summed E-state index contributed by atoms with van der Waals surface area (Å²) >= 11 is 1.77. The van der Waals surface area contributed by atoms with Crippen molar-refractivity contribution in [1.29, 1.82) is 0 Å². The lowest BCUT2D eigenvalue weighted by molar-refractivity contribution is -0.121. The Bertz CT molecular complexity index is 198. The van der Waals surface area contributed by atoms with Crippen molar-refractivity contribution < 1.29 is 4.79 Å². The zero-order valence-corrected chi connectivity index (χ0v) is 11.8. The maximum absolute atomic E-state index is 11.5. The van der Waals surface area contributed by atoms with E-state index >= 15 is 0 Å². The van der Waals surface area contributed by atoms with Crippen LogP contribution in [-0.4, -0.2) is 36.5 Å². The number of carbonyl (C=O) groups excluding carboxylic acids is 1. The van der Waals surface area contributed by atoms with Crippen LogP contribution in [0.2, 0.25) is 0 Å². The number of amides is 1. The molecule has 96 valence electrons. The summed E-state index contributed by atoms with van der Waals surface area (Å²) in [5, 5.41) is 6.42. The first kappa shape index (κ1) is 16.1. The quantitative estimate of drug-likeness (QED) is 0.771. The molecule has 0 aromatic rings. The number of halogens is 1. The van der Waals surface area contributed by atoms with Crippen molar-refractivity contribution in [3.05, 3.63) is 0 Å². The van der Waals surface area contributed by atoms with E-state index in [4.69, 9.17) is 0 Å². The van der Waals surface area contributed by atoms with E-state index in [9.17, 15) is 4.79 Å². The van der Waals surface area contributed by atoms with Crippen LogP contribution in [0, 0.1) is 0 Å². The van der Waals surface area contributed by atoms with Gasteiger partial charge in [0.25, 0.3) is 0 Å². The van der Waals surface area contributed by atoms with Crippen LogP contribution in [-0.2, 0) is 4.79 Å². The number of hydrogen-bond acceptors (Lipinski definition) is 3. The number of thioether (sulfide) groups is 1. The maximum atomic E-state index is 11.5. The summed E-state index contributed by atoms with van der Waals surface area (Å²) in [6.45, 7) is 3.18. The second-order valence-corrected chi connectivity index (χ2v) is 5.17. The van der Waals surface area contributed by atoms with E-state index < -0.39 is 0 Å². The molecule has 3 nitrogen and oxygen atoms in total. The third kappa shape index (κ3) is 6.61. The third-order valence-electron chi connectivity index (χ3n) is 2.71. The van der Waals surface area contributed by atoms with Gasteiger partial charge in [0.15, 0.2) is 0 Å². The van der Waals surface area contributed by atoms with Gasteiger partial charge in [-0.25, -0.2) is 0 Å². The molecule has 1 rings (SSSR count). The van der Waals surface area contributed by atoms with Crippen molar-refractivity contribution in [2.75, 3.05) is 18.6 Å². The molecule has 1 heterocycles. The van der Waals surface area contributed by atoms with E-state index in [1.165, 1.54) is 12.8 Å². The van der Waals surface area contributed by atoms with Crippen LogP contribution in [0.1, 0.15) is 32.6 Å². The maximum Gasteiger partial charge on any atom is 0.220 e. The Labute approximate surface area is 109 Å². The Balaban J connectivity index is 0.00000225. The van der Waals surface area contributed by atoms with Gasteiger partial charge >= 0.3 is 0 Å². The summed E-state index contributed by atoms with van der Waals surface area (Å²) in [6.07, 6.45) is 6.20. The van der Waals surface area contributed by atoms with E-state index in [2.05, 4.69) is 23.8 Å². The molecule has 1 aliphatic rings. The van der Waals surface area contributed by atoms with E-state index in [1.807, 2.05) is 0 Å². The first-order valence-electron chi connectivity index (χ1n) is 5.74. The number of hydrogen-bond donors (Lipinski definition) is 2. The largest absolute Gasteiger partial charge is 0.353 e. The van der Waals surface area contributed by atoms with E-state index in [-0.39, 0.29) is 18.3 Å². The molecule has 0 bridgehead atoms. The standard InChI is InChI=1S/C11H22N2OS.ClH/c1-9(8-15-2)13-11(14)6-5-10-4-3-7-12-10;/h9-10,12H,3-8H2,1-2H3,(H,13,14);1H. The van der Waals surface area contributed by atoms with Crippen molar-refractivity contribution in [3.63, 3.8) is 0 Å². The summed E-state index contributed by atoms with van der Waals surface area (Å²) in [7, 11) is 0. The lowest BCUT2D eigenvalue weighted by atomic mass is 10.1. The highest BCUT2D eigenvalue weighted by Gasteiger charge is 2.15. The minimum Gasteiger partial charge on any atom is -0.353 e. The van der Waals surface area contributed by atoms with Crippen LogP contribution in [0.3, 0.4) is 0 Å². The molecule has 0 saturated carbocycles. The predicted octanol–water partition coefficient (Wildman–Crippen LogP) is 1.81. The molecular formula is C11H23ClN2OS. The van der Waals surface area contributed by atoms with Gasteiger partial charge in [0, 0.05) is 24.3 Å². The monoisotopic (exact) mass is 266 g/mol. The van der Waals surface area contributed by atoms with Gasteiger partial charge in [-0.3, -0.25) is 4.79 Å². The Morgan fingerprint density at radius 2 is 2.38 bits per heavy atom. The smallest absolute Gasteiger partial charge is 0.220 e. The molecule has 1 amide bonds. The molecule has 1 aliphatic heterocycles. The summed E-state index contributed by atoms with van der Waals surface area (Å²) in [5.41, 5.74) is 0. The molecule has 16 heavy (non-hydrogen) atoms. The molecule has 2 atom stereocenters. The summed E-state index contributed by atoms with van der Waals surface area (Å²) in [4.78, 5) is 11.5. The van der Waals surface area contributed by atoms with Gasteiger partial charge in [0.1, 0.15) is 0 Å². The summed E-state index contributed by atoms with van der Waals surface area (Å²) in [6, 6.07) is 0.871. The topological polar surface area (TPSA) is 41.1 Å². The minimum absolute atomic E-state index is 0. The van der Waals surface area contributed by atoms with Crippen molar-refractivity contribution in [2.45, 2.75) is 44.7 Å². The van der Waals surface area contributed by atoms with Crippen LogP contribution in [0.15, 0.2) is 0 Å². The molecule has 2 N–H and O–H groups in total. The Morgan fingerprint density at radius 3 is 2.94 bits per heavy atom. The zero-order chi connectivity index (χ0) is 11.1. The summed E-state index contributed by atoms with van der Waals surface area (Å²) in [5.74, 6) is 1.19. The Kier molecular flexibility index (Phi) is 9.18. The van der Waals surface area contributed by atoms with Gasteiger partial charge in [-0.1, -0.05) is 0 Å². The van der Waals surface area contributed by atoms with Gasteiger partial charge in [0.05, 0.1) is 0 Å². The van der Waals surface area contributed by atoms with Gasteiger partial charge in [-0.05, 0) is 39.0 Å². The lowest BCUT2D eigenvalue weighted by Gasteiger charge is -2.14. The van der Waals surface area contributed by atoms with Crippen molar-refractivity contribution in [2.24, 2.45) is 0 Å². The van der Waals surface area contributed by atoms with Crippen LogP contribution in [0.4, 0.5) is 0 Å². The first-order valence-corrected chi connectivity index (χ1v) is 7.13. The van der Waals surface area contributed by atoms with Crippen LogP contribution >= 0.6 is 24.2 Å². The normalized spacial score (nSPS) is 21.2. The molecule has 1 fully saturated rings. The lowest BCUT2D eigenvalue weighted by Crippen LogP contribution is -2.35. The molecule has 0 aromatic heterocycles. The van der Waals surface area contributed by atoms with Gasteiger partial charge in [-0.2, -0.15) is 11.8 Å². The second kappa shape index (κ2) is 9.14. The van der Waals surface area contributed by atoms with Crippen molar-refractivity contribution in [3.8, 4) is 0 Å². The fourth-order valence-corrected chi connectivity index (χ4v) is 2.53. The SMILES string of the molecule is CSCC(C)NC(=O)CCC1CCCN1.Cl. The van der Waals surface area contributed by atoms with Gasteiger partial charge in [-0.15, -0.1) is 12.4 Å². The molecule has 5 heteroatoms. The van der Waals surface area contributed by atoms with Gasteiger partial charge < -0.3 is 10.6 Å². The Hall–Kier alpha value is 0.0700. The van der Waals surface area contributed by atoms with Crippen LogP contribution in [0.5, 0.6) is 0 Å². The third-order valence-corrected chi connectivity index (χ3v) is 3.54. The van der Waals surface area contributed by atoms with Crippen LogP contribution in [0.25, 0.3) is 0 Å². The molecule has 0 spiro atoms. The fraction of sp³-hybridized carbons (Fsp3) is 0.909. The summed E-state index contributed by atoms with van der Waals surface area (Å²) < 4.78 is 0. The van der Waals surface area contributed by atoms with Crippen LogP contribution < -0.4 is 10.6 Å². The van der Waals surface area contributed by atoms with E-state index in [0.29, 0.717) is 18.5 Å². The second-order valence-electron chi connectivity index (χ2n) is 4.26. The van der Waals surface area contributed by atoms with Crippen molar-refractivity contribution >= 4 is 30.1 Å². The molecule has 0 aliphatic carbocycles. The molecule has 2 unspecified atom stereocenters. The minimum atomic E-state index is 0. The highest BCUT2D eigenvalue weighted by molar-refractivity contribution is 7.98. The average Bonchev–Trinajstić information content (AvgIpc) is 2.67. The highest BCUT2D eigenvalue weighted by Crippen LogP contribution is 2.10. The average molecular weight is 267 g/mol.